The van der Waals surface area contributed by atoms with Crippen molar-refractivity contribution in [1.29, 1.82) is 0 Å². The van der Waals surface area contributed by atoms with Gasteiger partial charge in [-0.25, -0.2) is 9.67 Å². The van der Waals surface area contributed by atoms with Crippen LogP contribution < -0.4 is 5.73 Å². The molecule has 0 fully saturated rings. The van der Waals surface area contributed by atoms with E-state index in [9.17, 15) is 4.79 Å². The van der Waals surface area contributed by atoms with E-state index in [0.29, 0.717) is 19.8 Å². The first kappa shape index (κ1) is 14.4. The van der Waals surface area contributed by atoms with Gasteiger partial charge < -0.3 is 19.9 Å². The highest BCUT2D eigenvalue weighted by Gasteiger charge is 2.05. The van der Waals surface area contributed by atoms with Crippen molar-refractivity contribution in [3.8, 4) is 0 Å². The van der Waals surface area contributed by atoms with Crippen molar-refractivity contribution >= 4 is 11.9 Å². The molecule has 0 bridgehead atoms. The van der Waals surface area contributed by atoms with Gasteiger partial charge in [-0.1, -0.05) is 0 Å². The van der Waals surface area contributed by atoms with Gasteiger partial charge in [-0.15, -0.1) is 5.10 Å². The van der Waals surface area contributed by atoms with Crippen LogP contribution in [0.4, 0.5) is 5.95 Å². The fourth-order valence-electron chi connectivity index (χ4n) is 1.18. The molecule has 8 nitrogen and oxygen atoms in total. The van der Waals surface area contributed by atoms with E-state index in [2.05, 4.69) is 10.1 Å². The first-order chi connectivity index (χ1) is 8.72. The standard InChI is InChI=1S/C10H18N4O4/c1-16-3-2-4-17-5-6-18-9(15)7-14-8-12-10(11)13-14/h8H,2-7H2,1H3,(H2,11,13). The van der Waals surface area contributed by atoms with Gasteiger partial charge in [0.15, 0.2) is 0 Å². The number of ether oxygens (including phenoxy) is 3. The fraction of sp³-hybridized carbons (Fsp3) is 0.700. The number of nitrogens with zero attached hydrogens (tertiary/aromatic N) is 3. The maximum Gasteiger partial charge on any atom is 0.327 e. The molecule has 0 unspecified atom stereocenters. The lowest BCUT2D eigenvalue weighted by Gasteiger charge is -2.05. The molecule has 0 spiro atoms. The molecule has 2 N–H and O–H groups in total. The van der Waals surface area contributed by atoms with E-state index in [4.69, 9.17) is 19.9 Å². The predicted octanol–water partition coefficient (Wildman–Crippen LogP) is -0.543. The van der Waals surface area contributed by atoms with Gasteiger partial charge in [0.05, 0.1) is 6.61 Å². The Kier molecular flexibility index (Phi) is 6.74. The lowest BCUT2D eigenvalue weighted by molar-refractivity contribution is -0.146. The Morgan fingerprint density at radius 1 is 1.39 bits per heavy atom. The number of esters is 1. The van der Waals surface area contributed by atoms with E-state index in [0.717, 1.165) is 6.42 Å². The molecule has 1 rings (SSSR count). The molecule has 0 aliphatic carbocycles. The van der Waals surface area contributed by atoms with Crippen molar-refractivity contribution in [3.05, 3.63) is 6.33 Å². The van der Waals surface area contributed by atoms with E-state index in [1.54, 1.807) is 7.11 Å². The second-order valence-electron chi connectivity index (χ2n) is 3.48. The van der Waals surface area contributed by atoms with Crippen molar-refractivity contribution in [1.82, 2.24) is 14.8 Å². The number of aromatic nitrogens is 3. The summed E-state index contributed by atoms with van der Waals surface area (Å²) in [6, 6.07) is 0. The van der Waals surface area contributed by atoms with Gasteiger partial charge in [-0.3, -0.25) is 4.79 Å². The molecule has 18 heavy (non-hydrogen) atoms. The van der Waals surface area contributed by atoms with Gasteiger partial charge in [-0.2, -0.15) is 0 Å². The number of nitrogen functional groups attached to an aromatic ring is 1. The van der Waals surface area contributed by atoms with Crippen LogP contribution in [0.15, 0.2) is 6.33 Å². The number of hydrogen-bond acceptors (Lipinski definition) is 7. The molecule has 102 valence electrons. The zero-order valence-electron chi connectivity index (χ0n) is 10.4. The number of rotatable bonds is 9. The molecule has 8 heteroatoms. The summed E-state index contributed by atoms with van der Waals surface area (Å²) in [5.74, 6) is -0.273. The monoisotopic (exact) mass is 258 g/mol. The molecule has 0 radical (unpaired) electrons. The minimum Gasteiger partial charge on any atom is -0.462 e. The summed E-state index contributed by atoms with van der Waals surface area (Å²) in [6.07, 6.45) is 2.19. The molecule has 0 amide bonds. The van der Waals surface area contributed by atoms with Crippen LogP contribution in [0.2, 0.25) is 0 Å². The van der Waals surface area contributed by atoms with Crippen LogP contribution in [0.25, 0.3) is 0 Å². The Morgan fingerprint density at radius 2 is 2.22 bits per heavy atom. The number of carbonyl (C=O) groups is 1. The number of methoxy groups -OCH3 is 1. The summed E-state index contributed by atoms with van der Waals surface area (Å²) in [5, 5.41) is 3.77. The number of hydrogen-bond donors (Lipinski definition) is 1. The Labute approximate surface area is 105 Å². The second-order valence-corrected chi connectivity index (χ2v) is 3.48. The summed E-state index contributed by atoms with van der Waals surface area (Å²) in [5.41, 5.74) is 5.31. The molecule has 0 saturated carbocycles. The number of anilines is 1. The molecule has 0 saturated heterocycles. The minimum absolute atomic E-state index is 0.00608. The third-order valence-electron chi connectivity index (χ3n) is 1.97. The quantitative estimate of drug-likeness (QED) is 0.468. The zero-order chi connectivity index (χ0) is 13.2. The Balaban J connectivity index is 2.00. The summed E-state index contributed by atoms with van der Waals surface area (Å²) in [7, 11) is 1.64. The smallest absolute Gasteiger partial charge is 0.327 e. The highest BCUT2D eigenvalue weighted by atomic mass is 16.6. The average Bonchev–Trinajstić information content (AvgIpc) is 2.73. The van der Waals surface area contributed by atoms with Gasteiger partial charge in [0.2, 0.25) is 5.95 Å². The molecule has 0 aliphatic heterocycles. The Morgan fingerprint density at radius 3 is 2.89 bits per heavy atom. The highest BCUT2D eigenvalue weighted by molar-refractivity contribution is 5.68. The first-order valence-corrected chi connectivity index (χ1v) is 5.59. The van der Waals surface area contributed by atoms with Gasteiger partial charge in [-0.05, 0) is 6.42 Å². The van der Waals surface area contributed by atoms with Crippen LogP contribution >= 0.6 is 0 Å². The van der Waals surface area contributed by atoms with Gasteiger partial charge in [0, 0.05) is 20.3 Å². The van der Waals surface area contributed by atoms with Gasteiger partial charge in [0.25, 0.3) is 0 Å². The average molecular weight is 258 g/mol. The summed E-state index contributed by atoms with van der Waals surface area (Å²) in [6.45, 7) is 1.83. The summed E-state index contributed by atoms with van der Waals surface area (Å²) in [4.78, 5) is 15.0. The van der Waals surface area contributed by atoms with Gasteiger partial charge in [0.1, 0.15) is 19.5 Å². The van der Waals surface area contributed by atoms with E-state index < -0.39 is 5.97 Å². The Bertz CT molecular complexity index is 355. The van der Waals surface area contributed by atoms with Crippen LogP contribution in [-0.4, -0.2) is 54.3 Å². The van der Waals surface area contributed by atoms with Crippen LogP contribution in [-0.2, 0) is 25.5 Å². The first-order valence-electron chi connectivity index (χ1n) is 5.59. The topological polar surface area (TPSA) is 101 Å². The second kappa shape index (κ2) is 8.43. The molecule has 0 aromatic carbocycles. The third-order valence-corrected chi connectivity index (χ3v) is 1.97. The van der Waals surface area contributed by atoms with Crippen LogP contribution in [0.5, 0.6) is 0 Å². The van der Waals surface area contributed by atoms with Crippen molar-refractivity contribution in [3.63, 3.8) is 0 Å². The molecule has 1 aromatic heterocycles. The van der Waals surface area contributed by atoms with Crippen molar-refractivity contribution in [2.75, 3.05) is 39.3 Å². The summed E-state index contributed by atoms with van der Waals surface area (Å²) < 4.78 is 16.3. The zero-order valence-corrected chi connectivity index (χ0v) is 10.4. The highest BCUT2D eigenvalue weighted by Crippen LogP contribution is 1.91. The van der Waals surface area contributed by atoms with E-state index in [1.165, 1.54) is 11.0 Å². The van der Waals surface area contributed by atoms with Gasteiger partial charge >= 0.3 is 5.97 Å². The summed E-state index contributed by atoms with van der Waals surface area (Å²) >= 11 is 0. The Hall–Kier alpha value is -1.67. The largest absolute Gasteiger partial charge is 0.462 e. The van der Waals surface area contributed by atoms with Crippen LogP contribution in [0.1, 0.15) is 6.42 Å². The lowest BCUT2D eigenvalue weighted by atomic mass is 10.5. The lowest BCUT2D eigenvalue weighted by Crippen LogP contribution is -2.17. The third kappa shape index (κ3) is 6.16. The van der Waals surface area contributed by atoms with Crippen LogP contribution in [0.3, 0.4) is 0 Å². The van der Waals surface area contributed by atoms with E-state index in [-0.39, 0.29) is 19.1 Å². The fourth-order valence-corrected chi connectivity index (χ4v) is 1.18. The molecular weight excluding hydrogens is 240 g/mol. The number of nitrogens with two attached hydrogens (primary N) is 1. The maximum atomic E-state index is 11.3. The molecule has 1 heterocycles. The predicted molar refractivity (Wildman–Crippen MR) is 62.7 cm³/mol. The minimum atomic E-state index is -0.402. The number of carbonyl (C=O) groups excluding carboxylic acids is 1. The molecule has 0 aliphatic rings. The molecular formula is C10H18N4O4. The van der Waals surface area contributed by atoms with Crippen molar-refractivity contribution < 1.29 is 19.0 Å². The van der Waals surface area contributed by atoms with E-state index >= 15 is 0 Å². The van der Waals surface area contributed by atoms with Crippen LogP contribution in [0, 0.1) is 0 Å². The van der Waals surface area contributed by atoms with Crippen molar-refractivity contribution in [2.24, 2.45) is 0 Å². The normalized spacial score (nSPS) is 10.5. The molecule has 1 aromatic rings. The maximum absolute atomic E-state index is 11.3. The SMILES string of the molecule is COCCCOCCOC(=O)Cn1cnc(N)n1. The molecule has 0 atom stereocenters. The van der Waals surface area contributed by atoms with E-state index in [1.807, 2.05) is 0 Å². The van der Waals surface area contributed by atoms with Crippen molar-refractivity contribution in [2.45, 2.75) is 13.0 Å².